The van der Waals surface area contributed by atoms with Crippen molar-refractivity contribution in [3.63, 3.8) is 0 Å². The van der Waals surface area contributed by atoms with Crippen molar-refractivity contribution >= 4 is 34.0 Å². The number of fused-ring (bicyclic) bond motifs is 1. The predicted octanol–water partition coefficient (Wildman–Crippen LogP) is 2.47. The zero-order valence-corrected chi connectivity index (χ0v) is 16.3. The Hall–Kier alpha value is -2.36. The fourth-order valence-electron chi connectivity index (χ4n) is 2.88. The quantitative estimate of drug-likeness (QED) is 0.704. The molecule has 0 fully saturated rings. The zero-order valence-electron chi connectivity index (χ0n) is 14.7. The number of tetrazole rings is 1. The monoisotopic (exact) mass is 403 g/mol. The molecule has 0 radical (unpaired) electrons. The minimum atomic E-state index is -0.228. The normalized spacial score (nSPS) is 14.1. The fraction of sp³-hybridized carbons (Fsp3) is 0.353. The Morgan fingerprint density at radius 2 is 2.15 bits per heavy atom. The summed E-state index contributed by atoms with van der Waals surface area (Å²) in [5, 5.41) is 16.3. The van der Waals surface area contributed by atoms with Gasteiger partial charge in [0.15, 0.2) is 5.13 Å². The summed E-state index contributed by atoms with van der Waals surface area (Å²) < 4.78 is 0. The first-order chi connectivity index (χ1) is 13.1. The van der Waals surface area contributed by atoms with Crippen LogP contribution >= 0.6 is 22.9 Å². The number of hydrogen-bond donors (Lipinski definition) is 1. The molecular formula is C17H18ClN7OS. The fourth-order valence-corrected chi connectivity index (χ4v) is 4.08. The SMILES string of the molecule is CCN1CCc2nc(NC(=O)Cn3nnc(-c4ccc(Cl)cc4)n3)sc2C1. The van der Waals surface area contributed by atoms with Crippen molar-refractivity contribution in [3.8, 4) is 11.4 Å². The molecule has 3 heterocycles. The molecule has 1 aromatic carbocycles. The Morgan fingerprint density at radius 1 is 1.33 bits per heavy atom. The van der Waals surface area contributed by atoms with Gasteiger partial charge in [-0.15, -0.1) is 21.5 Å². The second-order valence-electron chi connectivity index (χ2n) is 6.21. The lowest BCUT2D eigenvalue weighted by Crippen LogP contribution is -2.29. The number of carbonyl (C=O) groups is 1. The third-order valence-electron chi connectivity index (χ3n) is 4.34. The Bertz CT molecular complexity index is 953. The van der Waals surface area contributed by atoms with Gasteiger partial charge in [-0.3, -0.25) is 9.69 Å². The van der Waals surface area contributed by atoms with Crippen molar-refractivity contribution in [2.24, 2.45) is 0 Å². The number of nitrogens with zero attached hydrogens (tertiary/aromatic N) is 6. The van der Waals surface area contributed by atoms with Crippen LogP contribution in [0.4, 0.5) is 5.13 Å². The van der Waals surface area contributed by atoms with Crippen LogP contribution in [-0.4, -0.2) is 49.1 Å². The lowest BCUT2D eigenvalue weighted by molar-refractivity contribution is -0.117. The van der Waals surface area contributed by atoms with E-state index in [9.17, 15) is 4.79 Å². The number of halogens is 1. The van der Waals surface area contributed by atoms with Crippen molar-refractivity contribution in [1.82, 2.24) is 30.1 Å². The van der Waals surface area contributed by atoms with Gasteiger partial charge in [-0.25, -0.2) is 4.98 Å². The number of nitrogens with one attached hydrogen (secondary N) is 1. The highest BCUT2D eigenvalue weighted by Gasteiger charge is 2.20. The van der Waals surface area contributed by atoms with Gasteiger partial charge in [-0.2, -0.15) is 4.80 Å². The molecule has 1 aliphatic heterocycles. The third-order valence-corrected chi connectivity index (χ3v) is 5.59. The smallest absolute Gasteiger partial charge is 0.249 e. The van der Waals surface area contributed by atoms with E-state index in [1.165, 1.54) is 21.0 Å². The predicted molar refractivity (Wildman–Crippen MR) is 104 cm³/mol. The molecule has 0 saturated carbocycles. The second kappa shape index (κ2) is 7.71. The van der Waals surface area contributed by atoms with Crippen LogP contribution in [0.25, 0.3) is 11.4 Å². The van der Waals surface area contributed by atoms with E-state index < -0.39 is 0 Å². The largest absolute Gasteiger partial charge is 0.300 e. The Labute approximate surface area is 165 Å². The standard InChI is InChI=1S/C17H18ClN7OS/c1-2-24-8-7-13-14(9-24)27-17(19-13)20-15(26)10-25-22-16(21-23-25)11-3-5-12(18)6-4-11/h3-6H,2,7-10H2,1H3,(H,19,20,26). The molecule has 4 rings (SSSR count). The van der Waals surface area contributed by atoms with Crippen molar-refractivity contribution < 1.29 is 4.79 Å². The average molecular weight is 404 g/mol. The van der Waals surface area contributed by atoms with Gasteiger partial charge in [0, 0.05) is 35.0 Å². The Kier molecular flexibility index (Phi) is 5.15. The van der Waals surface area contributed by atoms with Crippen LogP contribution in [0.2, 0.25) is 5.02 Å². The molecule has 1 amide bonds. The Morgan fingerprint density at radius 3 is 2.93 bits per heavy atom. The number of carbonyl (C=O) groups excluding carboxylic acids is 1. The van der Waals surface area contributed by atoms with Crippen LogP contribution in [0, 0.1) is 0 Å². The number of hydrogen-bond acceptors (Lipinski definition) is 7. The van der Waals surface area contributed by atoms with Gasteiger partial charge in [0.25, 0.3) is 0 Å². The molecule has 3 aromatic rings. The maximum absolute atomic E-state index is 12.3. The van der Waals surface area contributed by atoms with E-state index in [1.54, 1.807) is 12.1 Å². The number of likely N-dealkylation sites (N-methyl/N-ethyl adjacent to an activating group) is 1. The van der Waals surface area contributed by atoms with Gasteiger partial charge < -0.3 is 5.32 Å². The average Bonchev–Trinajstić information content (AvgIpc) is 3.27. The van der Waals surface area contributed by atoms with Crippen LogP contribution in [0.15, 0.2) is 24.3 Å². The number of thiazole rings is 1. The number of anilines is 1. The maximum Gasteiger partial charge on any atom is 0.249 e. The molecule has 10 heteroatoms. The summed E-state index contributed by atoms with van der Waals surface area (Å²) in [5.74, 6) is 0.220. The summed E-state index contributed by atoms with van der Waals surface area (Å²) in [5.41, 5.74) is 1.88. The van der Waals surface area contributed by atoms with Crippen LogP contribution in [0.3, 0.4) is 0 Å². The molecule has 0 bridgehead atoms. The summed E-state index contributed by atoms with van der Waals surface area (Å²) >= 11 is 7.42. The molecule has 2 aromatic heterocycles. The van der Waals surface area contributed by atoms with Gasteiger partial charge in [0.2, 0.25) is 11.7 Å². The summed E-state index contributed by atoms with van der Waals surface area (Å²) in [6.07, 6.45) is 0.921. The van der Waals surface area contributed by atoms with E-state index in [-0.39, 0.29) is 12.5 Å². The number of amides is 1. The lowest BCUT2D eigenvalue weighted by atomic mass is 10.2. The van der Waals surface area contributed by atoms with Crippen molar-refractivity contribution in [3.05, 3.63) is 39.9 Å². The molecule has 27 heavy (non-hydrogen) atoms. The molecule has 0 unspecified atom stereocenters. The molecule has 1 N–H and O–H groups in total. The van der Waals surface area contributed by atoms with Crippen LogP contribution in [0.1, 0.15) is 17.5 Å². The molecule has 0 aliphatic carbocycles. The van der Waals surface area contributed by atoms with Crippen molar-refractivity contribution in [2.45, 2.75) is 26.4 Å². The van der Waals surface area contributed by atoms with E-state index >= 15 is 0 Å². The van der Waals surface area contributed by atoms with Crippen molar-refractivity contribution in [1.29, 1.82) is 0 Å². The van der Waals surface area contributed by atoms with Gasteiger partial charge in [-0.1, -0.05) is 18.5 Å². The second-order valence-corrected chi connectivity index (χ2v) is 7.73. The highest BCUT2D eigenvalue weighted by atomic mass is 35.5. The molecule has 140 valence electrons. The summed E-state index contributed by atoms with van der Waals surface area (Å²) in [6, 6.07) is 7.13. The summed E-state index contributed by atoms with van der Waals surface area (Å²) in [7, 11) is 0. The van der Waals surface area contributed by atoms with Gasteiger partial charge in [-0.05, 0) is 36.0 Å². The topological polar surface area (TPSA) is 88.8 Å². The first-order valence-corrected chi connectivity index (χ1v) is 9.84. The van der Waals surface area contributed by atoms with E-state index in [0.29, 0.717) is 16.0 Å². The van der Waals surface area contributed by atoms with Gasteiger partial charge in [0.05, 0.1) is 5.69 Å². The minimum Gasteiger partial charge on any atom is -0.300 e. The van der Waals surface area contributed by atoms with E-state index in [0.717, 1.165) is 37.3 Å². The molecule has 0 atom stereocenters. The van der Waals surface area contributed by atoms with Crippen LogP contribution in [-0.2, 0) is 24.3 Å². The minimum absolute atomic E-state index is 0.0219. The maximum atomic E-state index is 12.3. The van der Waals surface area contributed by atoms with E-state index in [2.05, 4.69) is 37.5 Å². The van der Waals surface area contributed by atoms with Crippen LogP contribution in [0.5, 0.6) is 0 Å². The first kappa shape index (κ1) is 18.0. The third kappa shape index (κ3) is 4.15. The number of rotatable bonds is 5. The summed E-state index contributed by atoms with van der Waals surface area (Å²) in [4.78, 5) is 21.7. The lowest BCUT2D eigenvalue weighted by Gasteiger charge is -2.23. The number of benzene rings is 1. The zero-order chi connectivity index (χ0) is 18.8. The molecule has 0 saturated heterocycles. The summed E-state index contributed by atoms with van der Waals surface area (Å²) in [6.45, 7) is 5.06. The number of aromatic nitrogens is 5. The highest BCUT2D eigenvalue weighted by Crippen LogP contribution is 2.28. The van der Waals surface area contributed by atoms with Crippen molar-refractivity contribution in [2.75, 3.05) is 18.4 Å². The molecule has 0 spiro atoms. The van der Waals surface area contributed by atoms with Crippen LogP contribution < -0.4 is 5.32 Å². The molecular weight excluding hydrogens is 386 g/mol. The Balaban J connectivity index is 1.39. The van der Waals surface area contributed by atoms with E-state index in [1.807, 2.05) is 12.1 Å². The highest BCUT2D eigenvalue weighted by molar-refractivity contribution is 7.15. The van der Waals surface area contributed by atoms with Gasteiger partial charge >= 0.3 is 0 Å². The van der Waals surface area contributed by atoms with Gasteiger partial charge in [0.1, 0.15) is 6.54 Å². The first-order valence-electron chi connectivity index (χ1n) is 8.65. The van der Waals surface area contributed by atoms with E-state index in [4.69, 9.17) is 11.6 Å². The molecule has 8 nitrogen and oxygen atoms in total. The molecule has 1 aliphatic rings.